The van der Waals surface area contributed by atoms with E-state index in [1.165, 1.54) is 0 Å². The molecule has 3 nitrogen and oxygen atoms in total. The van der Waals surface area contributed by atoms with Crippen LogP contribution in [0.2, 0.25) is 0 Å². The molecule has 8 heteroatoms. The molecule has 0 amide bonds. The van der Waals surface area contributed by atoms with Gasteiger partial charge in [-0.1, -0.05) is 12.2 Å². The Hall–Kier alpha value is -0.730. The molecule has 23 heavy (non-hydrogen) atoms. The molecule has 3 rings (SSSR count). The Labute approximate surface area is 146 Å². The summed E-state index contributed by atoms with van der Waals surface area (Å²) < 4.78 is 39.3. The van der Waals surface area contributed by atoms with Gasteiger partial charge in [-0.05, 0) is 53.2 Å². The van der Waals surface area contributed by atoms with E-state index in [0.717, 1.165) is 22.9 Å². The van der Waals surface area contributed by atoms with Crippen molar-refractivity contribution in [3.63, 3.8) is 0 Å². The predicted octanol–water partition coefficient (Wildman–Crippen LogP) is 3.56. The fourth-order valence-corrected chi connectivity index (χ4v) is 4.71. The van der Waals surface area contributed by atoms with Crippen LogP contribution < -0.4 is 5.73 Å². The molecule has 2 N–H and O–H groups in total. The largest absolute Gasteiger partial charge is 0.401 e. The van der Waals surface area contributed by atoms with Crippen LogP contribution in [0.25, 0.3) is 0 Å². The summed E-state index contributed by atoms with van der Waals surface area (Å²) in [6.07, 6.45) is 1.77. The molecule has 0 unspecified atom stereocenters. The molecule has 2 aliphatic rings. The van der Waals surface area contributed by atoms with Crippen molar-refractivity contribution in [1.29, 1.82) is 0 Å². The van der Waals surface area contributed by atoms with Crippen LogP contribution in [-0.2, 0) is 5.41 Å². The van der Waals surface area contributed by atoms with E-state index in [1.807, 2.05) is 6.07 Å². The van der Waals surface area contributed by atoms with Gasteiger partial charge in [0, 0.05) is 34.4 Å². The quantitative estimate of drug-likeness (QED) is 0.777. The number of pyridine rings is 1. The van der Waals surface area contributed by atoms with Crippen molar-refractivity contribution in [3.05, 3.63) is 28.5 Å². The smallest absolute Gasteiger partial charge is 0.393 e. The molecule has 2 aliphatic heterocycles. The Kier molecular flexibility index (Phi) is 4.44. The SMILES string of the molecule is NC(=S)[C@@]1(c2cncc(Br)c2)C[C@H]2CC[C@@H](C1)N2CC(F)(F)F. The number of nitrogens with two attached hydrogens (primary N) is 1. The number of alkyl halides is 3. The van der Waals surface area contributed by atoms with Gasteiger partial charge in [-0.15, -0.1) is 0 Å². The van der Waals surface area contributed by atoms with Gasteiger partial charge in [0.15, 0.2) is 0 Å². The molecule has 2 fully saturated rings. The summed E-state index contributed by atoms with van der Waals surface area (Å²) in [5.74, 6) is 0. The second-order valence-corrected chi connectivity index (χ2v) is 7.77. The number of nitrogens with zero attached hydrogens (tertiary/aromatic N) is 2. The van der Waals surface area contributed by atoms with Gasteiger partial charge in [-0.25, -0.2) is 0 Å². The number of thiocarbonyl (C=S) groups is 1. The van der Waals surface area contributed by atoms with Crippen LogP contribution in [0.5, 0.6) is 0 Å². The number of hydrogen-bond donors (Lipinski definition) is 1. The number of hydrogen-bond acceptors (Lipinski definition) is 3. The molecule has 0 aromatic carbocycles. The van der Waals surface area contributed by atoms with E-state index in [-0.39, 0.29) is 12.1 Å². The van der Waals surface area contributed by atoms with Crippen molar-refractivity contribution >= 4 is 33.1 Å². The third-order valence-electron chi connectivity index (χ3n) is 5.03. The first-order valence-electron chi connectivity index (χ1n) is 7.45. The van der Waals surface area contributed by atoms with E-state index in [2.05, 4.69) is 20.9 Å². The first-order valence-corrected chi connectivity index (χ1v) is 8.65. The first-order chi connectivity index (χ1) is 10.7. The van der Waals surface area contributed by atoms with Gasteiger partial charge in [0.25, 0.3) is 0 Å². The lowest BCUT2D eigenvalue weighted by atomic mass is 9.70. The zero-order chi connectivity index (χ0) is 16.8. The zero-order valence-corrected chi connectivity index (χ0v) is 14.7. The van der Waals surface area contributed by atoms with Crippen LogP contribution in [0.4, 0.5) is 13.2 Å². The average Bonchev–Trinajstić information content (AvgIpc) is 2.69. The molecule has 0 spiro atoms. The number of halogens is 4. The standard InChI is InChI=1S/C15H17BrF3N3S/c16-10-3-9(6-21-7-10)14(13(20)23)4-11-1-2-12(5-14)22(11)8-15(17,18)19/h3,6-7,11-12H,1-2,4-5,8H2,(H2,20,23)/t11-,12+,14+. The number of aromatic nitrogens is 1. The molecule has 3 heterocycles. The maximum absolute atomic E-state index is 12.8. The van der Waals surface area contributed by atoms with Gasteiger partial charge in [0.1, 0.15) is 0 Å². The molecule has 0 aliphatic carbocycles. The highest BCUT2D eigenvalue weighted by Crippen LogP contribution is 2.48. The number of fused-ring (bicyclic) bond motifs is 2. The van der Waals surface area contributed by atoms with Crippen LogP contribution in [-0.4, -0.2) is 39.7 Å². The Balaban J connectivity index is 1.93. The van der Waals surface area contributed by atoms with E-state index >= 15 is 0 Å². The summed E-state index contributed by atoms with van der Waals surface area (Å²) in [4.78, 5) is 6.11. The van der Waals surface area contributed by atoms with Gasteiger partial charge in [0.2, 0.25) is 0 Å². The first kappa shape index (κ1) is 17.1. The summed E-state index contributed by atoms with van der Waals surface area (Å²) in [5, 5.41) is 0. The van der Waals surface area contributed by atoms with E-state index in [9.17, 15) is 13.2 Å². The molecule has 2 bridgehead atoms. The van der Waals surface area contributed by atoms with Gasteiger partial charge in [0.05, 0.1) is 11.5 Å². The second-order valence-electron chi connectivity index (χ2n) is 6.42. The van der Waals surface area contributed by atoms with E-state index in [4.69, 9.17) is 18.0 Å². The van der Waals surface area contributed by atoms with Gasteiger partial charge in [-0.2, -0.15) is 13.2 Å². The fourth-order valence-electron chi connectivity index (χ4n) is 4.06. The lowest BCUT2D eigenvalue weighted by Crippen LogP contribution is -2.56. The molecule has 1 aromatic heterocycles. The Morgan fingerprint density at radius 3 is 2.43 bits per heavy atom. The van der Waals surface area contributed by atoms with Crippen molar-refractivity contribution in [2.75, 3.05) is 6.54 Å². The minimum Gasteiger partial charge on any atom is -0.393 e. The highest BCUT2D eigenvalue weighted by molar-refractivity contribution is 9.10. The lowest BCUT2D eigenvalue weighted by molar-refractivity contribution is -0.156. The van der Waals surface area contributed by atoms with Crippen molar-refractivity contribution in [2.45, 2.75) is 49.4 Å². The fraction of sp³-hybridized carbons (Fsp3) is 0.600. The van der Waals surface area contributed by atoms with Gasteiger partial charge < -0.3 is 5.73 Å². The van der Waals surface area contributed by atoms with E-state index in [1.54, 1.807) is 17.3 Å². The summed E-state index contributed by atoms with van der Waals surface area (Å²) in [6, 6.07) is 1.64. The topological polar surface area (TPSA) is 42.1 Å². The van der Waals surface area contributed by atoms with E-state index in [0.29, 0.717) is 17.8 Å². The van der Waals surface area contributed by atoms with Crippen LogP contribution in [0, 0.1) is 0 Å². The van der Waals surface area contributed by atoms with Crippen molar-refractivity contribution in [1.82, 2.24) is 9.88 Å². The maximum Gasteiger partial charge on any atom is 0.401 e. The third kappa shape index (κ3) is 3.25. The molecule has 0 radical (unpaired) electrons. The molecule has 0 saturated carbocycles. The monoisotopic (exact) mass is 407 g/mol. The Morgan fingerprint density at radius 1 is 1.35 bits per heavy atom. The van der Waals surface area contributed by atoms with Crippen LogP contribution in [0.15, 0.2) is 22.9 Å². The Bertz CT molecular complexity index is 608. The Morgan fingerprint density at radius 2 is 1.96 bits per heavy atom. The van der Waals surface area contributed by atoms with Crippen molar-refractivity contribution in [2.24, 2.45) is 5.73 Å². The second kappa shape index (κ2) is 5.97. The summed E-state index contributed by atoms with van der Waals surface area (Å²) in [7, 11) is 0. The van der Waals surface area contributed by atoms with Crippen molar-refractivity contribution < 1.29 is 13.2 Å². The number of piperidine rings is 1. The minimum atomic E-state index is -4.18. The van der Waals surface area contributed by atoms with Crippen LogP contribution in [0.3, 0.4) is 0 Å². The maximum atomic E-state index is 12.8. The van der Waals surface area contributed by atoms with Gasteiger partial charge in [-0.3, -0.25) is 9.88 Å². The lowest BCUT2D eigenvalue weighted by Gasteiger charge is -2.46. The molecule has 2 saturated heterocycles. The van der Waals surface area contributed by atoms with Crippen LogP contribution in [0.1, 0.15) is 31.2 Å². The highest BCUT2D eigenvalue weighted by atomic mass is 79.9. The number of rotatable bonds is 3. The summed E-state index contributed by atoms with van der Waals surface area (Å²) >= 11 is 8.72. The summed E-state index contributed by atoms with van der Waals surface area (Å²) in [6.45, 7) is -0.855. The summed E-state index contributed by atoms with van der Waals surface area (Å²) in [5.41, 5.74) is 6.38. The molecule has 1 aromatic rings. The molecule has 126 valence electrons. The normalized spacial score (nSPS) is 31.3. The molecule has 3 atom stereocenters. The highest BCUT2D eigenvalue weighted by Gasteiger charge is 2.52. The van der Waals surface area contributed by atoms with Gasteiger partial charge >= 0.3 is 6.18 Å². The average molecular weight is 408 g/mol. The molecular formula is C15H17BrF3N3S. The molecular weight excluding hydrogens is 391 g/mol. The van der Waals surface area contributed by atoms with Crippen molar-refractivity contribution in [3.8, 4) is 0 Å². The third-order valence-corrected chi connectivity index (χ3v) is 5.85. The zero-order valence-electron chi connectivity index (χ0n) is 12.3. The minimum absolute atomic E-state index is 0.143. The van der Waals surface area contributed by atoms with Crippen LogP contribution >= 0.6 is 28.1 Å². The van der Waals surface area contributed by atoms with E-state index < -0.39 is 18.1 Å². The predicted molar refractivity (Wildman–Crippen MR) is 89.2 cm³/mol.